The van der Waals surface area contributed by atoms with Gasteiger partial charge in [-0.1, -0.05) is 25.1 Å². The molecule has 1 aromatic carbocycles. The highest BCUT2D eigenvalue weighted by Crippen LogP contribution is 2.22. The van der Waals surface area contributed by atoms with Gasteiger partial charge < -0.3 is 15.1 Å². The van der Waals surface area contributed by atoms with E-state index in [1.54, 1.807) is 6.26 Å². The Hall–Kier alpha value is -2.73. The number of rotatable bonds is 5. The molecule has 26 heavy (non-hydrogen) atoms. The van der Waals surface area contributed by atoms with Crippen molar-refractivity contribution in [1.29, 1.82) is 0 Å². The summed E-state index contributed by atoms with van der Waals surface area (Å²) in [7, 11) is 0. The summed E-state index contributed by atoms with van der Waals surface area (Å²) in [4.78, 5) is 14.0. The van der Waals surface area contributed by atoms with Gasteiger partial charge in [0.25, 0.3) is 0 Å². The largest absolute Gasteiger partial charge is 0.444 e. The van der Waals surface area contributed by atoms with Gasteiger partial charge in [-0.25, -0.2) is 15.0 Å². The zero-order valence-electron chi connectivity index (χ0n) is 15.0. The Morgan fingerprint density at radius 2 is 1.92 bits per heavy atom. The van der Waals surface area contributed by atoms with Gasteiger partial charge in [-0.3, -0.25) is 0 Å². The van der Waals surface area contributed by atoms with Crippen molar-refractivity contribution in [2.24, 2.45) is 0 Å². The summed E-state index contributed by atoms with van der Waals surface area (Å²) in [5.74, 6) is 2.46. The Morgan fingerprint density at radius 1 is 1.08 bits per heavy atom. The molecule has 0 bridgehead atoms. The second kappa shape index (κ2) is 7.66. The van der Waals surface area contributed by atoms with Gasteiger partial charge in [-0.05, 0) is 25.1 Å². The van der Waals surface area contributed by atoms with E-state index in [4.69, 9.17) is 14.4 Å². The lowest BCUT2D eigenvalue weighted by molar-refractivity contribution is 0.573. The molecule has 134 valence electrons. The highest BCUT2D eigenvalue weighted by atomic mass is 16.3. The lowest BCUT2D eigenvalue weighted by Crippen LogP contribution is -2.16. The molecule has 1 aliphatic rings. The van der Waals surface area contributed by atoms with Gasteiger partial charge >= 0.3 is 0 Å². The molecule has 0 spiro atoms. The number of hydrogen-bond acceptors (Lipinski definition) is 6. The lowest BCUT2D eigenvalue weighted by atomic mass is 10.1. The van der Waals surface area contributed by atoms with E-state index in [0.717, 1.165) is 60.9 Å². The molecule has 2 N–H and O–H groups in total. The molecule has 6 heteroatoms. The molecule has 0 amide bonds. The second-order valence-corrected chi connectivity index (χ2v) is 6.38. The van der Waals surface area contributed by atoms with Crippen LogP contribution in [0, 0.1) is 0 Å². The maximum Gasteiger partial charge on any atom is 0.226 e. The second-order valence-electron chi connectivity index (χ2n) is 6.38. The quantitative estimate of drug-likeness (QED) is 0.737. The standard InChI is InChI=1S/C20H23N5O/c1-2-18-24-17-9-11-21-10-8-16(17)19(25-18)22-12-15-13-26-20(23-15)14-6-4-3-5-7-14/h3-7,13,21H,2,8-12H2,1H3,(H,22,24,25). The number of nitrogens with one attached hydrogen (secondary N) is 2. The molecule has 0 aliphatic carbocycles. The van der Waals surface area contributed by atoms with Crippen molar-refractivity contribution < 1.29 is 4.42 Å². The number of oxazole rings is 1. The van der Waals surface area contributed by atoms with E-state index in [0.29, 0.717) is 12.4 Å². The molecule has 0 radical (unpaired) electrons. The minimum Gasteiger partial charge on any atom is -0.444 e. The fourth-order valence-corrected chi connectivity index (χ4v) is 3.18. The average Bonchev–Trinajstić information content (AvgIpc) is 3.04. The number of benzene rings is 1. The van der Waals surface area contributed by atoms with Crippen LogP contribution in [0.5, 0.6) is 0 Å². The van der Waals surface area contributed by atoms with Crippen LogP contribution in [-0.2, 0) is 25.8 Å². The number of nitrogens with zero attached hydrogens (tertiary/aromatic N) is 3. The van der Waals surface area contributed by atoms with Crippen molar-refractivity contribution >= 4 is 5.82 Å². The topological polar surface area (TPSA) is 75.9 Å². The molecule has 0 fully saturated rings. The third kappa shape index (κ3) is 3.60. The van der Waals surface area contributed by atoms with Crippen molar-refractivity contribution in [3.05, 3.63) is 59.4 Å². The first kappa shape index (κ1) is 16.7. The first-order valence-electron chi connectivity index (χ1n) is 9.16. The molecule has 4 rings (SSSR count). The molecule has 0 atom stereocenters. The highest BCUT2D eigenvalue weighted by Gasteiger charge is 2.16. The zero-order valence-corrected chi connectivity index (χ0v) is 15.0. The first-order chi connectivity index (χ1) is 12.8. The predicted octanol–water partition coefficient (Wildman–Crippen LogP) is 2.99. The van der Waals surface area contributed by atoms with E-state index in [2.05, 4.69) is 22.5 Å². The van der Waals surface area contributed by atoms with Crippen LogP contribution in [0.25, 0.3) is 11.5 Å². The fraction of sp³-hybridized carbons (Fsp3) is 0.350. The normalized spacial score (nSPS) is 13.9. The molecule has 0 unspecified atom stereocenters. The van der Waals surface area contributed by atoms with Crippen molar-refractivity contribution in [2.75, 3.05) is 18.4 Å². The lowest BCUT2D eigenvalue weighted by Gasteiger charge is -2.13. The molecular formula is C20H23N5O. The number of fused-ring (bicyclic) bond motifs is 1. The van der Waals surface area contributed by atoms with Crippen LogP contribution in [0.3, 0.4) is 0 Å². The summed E-state index contributed by atoms with van der Waals surface area (Å²) in [6.45, 7) is 4.59. The van der Waals surface area contributed by atoms with Crippen LogP contribution >= 0.6 is 0 Å². The number of hydrogen-bond donors (Lipinski definition) is 2. The van der Waals surface area contributed by atoms with Crippen LogP contribution in [-0.4, -0.2) is 28.0 Å². The van der Waals surface area contributed by atoms with Gasteiger partial charge in [0, 0.05) is 30.5 Å². The van der Waals surface area contributed by atoms with Crippen LogP contribution in [0.4, 0.5) is 5.82 Å². The Morgan fingerprint density at radius 3 is 2.77 bits per heavy atom. The molecule has 0 saturated carbocycles. The average molecular weight is 349 g/mol. The Labute approximate surface area is 153 Å². The SMILES string of the molecule is CCc1nc2c(c(NCc3coc(-c4ccccc4)n3)n1)CCNCC2. The fourth-order valence-electron chi connectivity index (χ4n) is 3.18. The van der Waals surface area contributed by atoms with Crippen molar-refractivity contribution in [3.8, 4) is 11.5 Å². The van der Waals surface area contributed by atoms with Crippen molar-refractivity contribution in [1.82, 2.24) is 20.3 Å². The Kier molecular flexibility index (Phi) is 4.93. The third-order valence-corrected chi connectivity index (χ3v) is 4.56. The number of aromatic nitrogens is 3. The van der Waals surface area contributed by atoms with Gasteiger partial charge in [-0.2, -0.15) is 0 Å². The molecule has 2 aromatic heterocycles. The third-order valence-electron chi connectivity index (χ3n) is 4.56. The molecule has 1 aliphatic heterocycles. The van der Waals surface area contributed by atoms with Crippen LogP contribution in [0.2, 0.25) is 0 Å². The summed E-state index contributed by atoms with van der Waals surface area (Å²) < 4.78 is 5.62. The summed E-state index contributed by atoms with van der Waals surface area (Å²) in [5.41, 5.74) is 4.23. The van der Waals surface area contributed by atoms with Crippen LogP contribution in [0.1, 0.15) is 29.7 Å². The van der Waals surface area contributed by atoms with Crippen molar-refractivity contribution in [3.63, 3.8) is 0 Å². The van der Waals surface area contributed by atoms with Gasteiger partial charge in [0.1, 0.15) is 17.9 Å². The van der Waals surface area contributed by atoms with Gasteiger partial charge in [0.2, 0.25) is 5.89 Å². The molecule has 3 aromatic rings. The van der Waals surface area contributed by atoms with E-state index in [1.807, 2.05) is 30.3 Å². The molecular weight excluding hydrogens is 326 g/mol. The minimum atomic E-state index is 0.580. The molecule has 0 saturated heterocycles. The predicted molar refractivity (Wildman–Crippen MR) is 101 cm³/mol. The smallest absolute Gasteiger partial charge is 0.226 e. The number of aryl methyl sites for hydroxylation is 1. The Bertz CT molecular complexity index is 875. The van der Waals surface area contributed by atoms with Gasteiger partial charge in [0.05, 0.1) is 17.9 Å². The maximum absolute atomic E-state index is 5.62. The summed E-state index contributed by atoms with van der Waals surface area (Å²) >= 11 is 0. The Balaban J connectivity index is 1.54. The summed E-state index contributed by atoms with van der Waals surface area (Å²) in [6, 6.07) is 9.93. The monoisotopic (exact) mass is 349 g/mol. The van der Waals surface area contributed by atoms with E-state index in [9.17, 15) is 0 Å². The van der Waals surface area contributed by atoms with Crippen LogP contribution < -0.4 is 10.6 Å². The first-order valence-corrected chi connectivity index (χ1v) is 9.16. The van der Waals surface area contributed by atoms with Gasteiger partial charge in [-0.15, -0.1) is 0 Å². The van der Waals surface area contributed by atoms with E-state index in [-0.39, 0.29) is 0 Å². The van der Waals surface area contributed by atoms with Gasteiger partial charge in [0.15, 0.2) is 0 Å². The zero-order chi connectivity index (χ0) is 17.8. The summed E-state index contributed by atoms with van der Waals surface area (Å²) in [6.07, 6.45) is 4.42. The van der Waals surface area contributed by atoms with Crippen LogP contribution in [0.15, 0.2) is 41.0 Å². The molecule has 6 nitrogen and oxygen atoms in total. The van der Waals surface area contributed by atoms with E-state index < -0.39 is 0 Å². The minimum absolute atomic E-state index is 0.580. The molecule has 3 heterocycles. The van der Waals surface area contributed by atoms with Crippen molar-refractivity contribution in [2.45, 2.75) is 32.7 Å². The number of anilines is 1. The summed E-state index contributed by atoms with van der Waals surface area (Å²) in [5, 5.41) is 6.89. The van der Waals surface area contributed by atoms with E-state index in [1.165, 1.54) is 5.56 Å². The van der Waals surface area contributed by atoms with E-state index >= 15 is 0 Å². The highest BCUT2D eigenvalue weighted by molar-refractivity contribution is 5.53. The maximum atomic E-state index is 5.62.